The molecule has 0 spiro atoms. The molecule has 1 aliphatic heterocycles. The highest BCUT2D eigenvalue weighted by molar-refractivity contribution is 5.78. The molecule has 0 radical (unpaired) electrons. The molecular formula is C14H22N8O. The molecule has 9 heteroatoms. The van der Waals surface area contributed by atoms with E-state index in [-0.39, 0.29) is 11.9 Å². The van der Waals surface area contributed by atoms with Crippen LogP contribution in [0.5, 0.6) is 0 Å². The molecule has 2 aromatic rings. The molecule has 1 amide bonds. The third-order valence-electron chi connectivity index (χ3n) is 4.14. The number of carbonyl (C=O) groups is 1. The van der Waals surface area contributed by atoms with Crippen LogP contribution in [0.25, 0.3) is 5.65 Å². The molecule has 0 aliphatic carbocycles. The number of anilines is 1. The van der Waals surface area contributed by atoms with Gasteiger partial charge in [-0.2, -0.15) is 0 Å². The van der Waals surface area contributed by atoms with Gasteiger partial charge in [0.1, 0.15) is 0 Å². The SMILES string of the molecule is CC[C@@H](C)NC(=O)CN1CCN(c2ccc3nnnn3n2)CC1. The normalized spacial score (nSPS) is 17.4. The molecule has 3 rings (SSSR count). The van der Waals surface area contributed by atoms with Gasteiger partial charge < -0.3 is 10.2 Å². The van der Waals surface area contributed by atoms with E-state index >= 15 is 0 Å². The van der Waals surface area contributed by atoms with E-state index in [2.05, 4.69) is 42.7 Å². The second-order valence-corrected chi connectivity index (χ2v) is 5.86. The minimum Gasteiger partial charge on any atom is -0.353 e. The summed E-state index contributed by atoms with van der Waals surface area (Å²) in [6, 6.07) is 4.02. The first-order valence-corrected chi connectivity index (χ1v) is 7.98. The van der Waals surface area contributed by atoms with Crippen LogP contribution in [0.3, 0.4) is 0 Å². The van der Waals surface area contributed by atoms with E-state index in [1.54, 1.807) is 0 Å². The average Bonchev–Trinajstić information content (AvgIpc) is 3.03. The number of hydrogen-bond acceptors (Lipinski definition) is 7. The molecule has 0 bridgehead atoms. The third-order valence-corrected chi connectivity index (χ3v) is 4.14. The molecule has 1 atom stereocenters. The number of aromatic nitrogens is 5. The maximum atomic E-state index is 11.9. The summed E-state index contributed by atoms with van der Waals surface area (Å²) in [5.74, 6) is 0.953. The third kappa shape index (κ3) is 3.73. The maximum absolute atomic E-state index is 11.9. The Morgan fingerprint density at radius 3 is 2.83 bits per heavy atom. The van der Waals surface area contributed by atoms with Gasteiger partial charge in [0.2, 0.25) is 5.91 Å². The van der Waals surface area contributed by atoms with Crippen molar-refractivity contribution in [3.05, 3.63) is 12.1 Å². The first-order valence-electron chi connectivity index (χ1n) is 7.98. The van der Waals surface area contributed by atoms with E-state index in [9.17, 15) is 4.79 Å². The number of rotatable bonds is 5. The van der Waals surface area contributed by atoms with Gasteiger partial charge in [0, 0.05) is 32.2 Å². The van der Waals surface area contributed by atoms with E-state index < -0.39 is 0 Å². The van der Waals surface area contributed by atoms with Gasteiger partial charge in [-0.3, -0.25) is 9.69 Å². The average molecular weight is 318 g/mol. The molecule has 124 valence electrons. The van der Waals surface area contributed by atoms with E-state index in [4.69, 9.17) is 0 Å². The summed E-state index contributed by atoms with van der Waals surface area (Å²) < 4.78 is 1.43. The van der Waals surface area contributed by atoms with Crippen LogP contribution in [-0.2, 0) is 4.79 Å². The molecule has 1 N–H and O–H groups in total. The second kappa shape index (κ2) is 6.86. The van der Waals surface area contributed by atoms with Crippen molar-refractivity contribution in [3.63, 3.8) is 0 Å². The zero-order chi connectivity index (χ0) is 16.2. The lowest BCUT2D eigenvalue weighted by atomic mass is 10.2. The first-order chi connectivity index (χ1) is 11.2. The van der Waals surface area contributed by atoms with Gasteiger partial charge >= 0.3 is 0 Å². The fraction of sp³-hybridized carbons (Fsp3) is 0.643. The summed E-state index contributed by atoms with van der Waals surface area (Å²) in [6.07, 6.45) is 0.949. The van der Waals surface area contributed by atoms with Gasteiger partial charge in [0.05, 0.1) is 6.54 Å². The number of nitrogens with zero attached hydrogens (tertiary/aromatic N) is 7. The molecule has 1 fully saturated rings. The van der Waals surface area contributed by atoms with Crippen LogP contribution in [-0.4, -0.2) is 74.8 Å². The molecule has 1 saturated heterocycles. The van der Waals surface area contributed by atoms with Crippen molar-refractivity contribution >= 4 is 17.4 Å². The number of piperazine rings is 1. The summed E-state index contributed by atoms with van der Waals surface area (Å²) in [4.78, 5) is 16.3. The van der Waals surface area contributed by atoms with Crippen LogP contribution in [0.1, 0.15) is 20.3 Å². The largest absolute Gasteiger partial charge is 0.353 e. The van der Waals surface area contributed by atoms with Gasteiger partial charge in [0.15, 0.2) is 11.5 Å². The Hall–Kier alpha value is -2.29. The zero-order valence-corrected chi connectivity index (χ0v) is 13.5. The van der Waals surface area contributed by atoms with Crippen molar-refractivity contribution in [2.45, 2.75) is 26.3 Å². The number of fused-ring (bicyclic) bond motifs is 1. The lowest BCUT2D eigenvalue weighted by Gasteiger charge is -2.34. The summed E-state index contributed by atoms with van der Waals surface area (Å²) in [6.45, 7) is 7.88. The lowest BCUT2D eigenvalue weighted by molar-refractivity contribution is -0.122. The summed E-state index contributed by atoms with van der Waals surface area (Å²) >= 11 is 0. The number of nitrogens with one attached hydrogen (secondary N) is 1. The maximum Gasteiger partial charge on any atom is 0.234 e. The number of tetrazole rings is 1. The zero-order valence-electron chi connectivity index (χ0n) is 13.5. The highest BCUT2D eigenvalue weighted by Gasteiger charge is 2.20. The predicted molar refractivity (Wildman–Crippen MR) is 85.1 cm³/mol. The molecule has 2 aromatic heterocycles. The van der Waals surface area contributed by atoms with Crippen molar-refractivity contribution in [1.29, 1.82) is 0 Å². The van der Waals surface area contributed by atoms with E-state index in [0.29, 0.717) is 12.2 Å². The van der Waals surface area contributed by atoms with E-state index in [1.165, 1.54) is 4.63 Å². The van der Waals surface area contributed by atoms with Crippen LogP contribution >= 0.6 is 0 Å². The monoisotopic (exact) mass is 318 g/mol. The predicted octanol–water partition coefficient (Wildman–Crippen LogP) is -0.444. The molecule has 0 aromatic carbocycles. The fourth-order valence-corrected chi connectivity index (χ4v) is 2.57. The van der Waals surface area contributed by atoms with Gasteiger partial charge in [-0.25, -0.2) is 0 Å². The minimum atomic E-state index is 0.0982. The van der Waals surface area contributed by atoms with Crippen LogP contribution in [0.2, 0.25) is 0 Å². The Kier molecular flexibility index (Phi) is 4.65. The number of carbonyl (C=O) groups excluding carboxylic acids is 1. The Bertz CT molecular complexity index is 664. The Balaban J connectivity index is 1.52. The Morgan fingerprint density at radius 1 is 1.30 bits per heavy atom. The summed E-state index contributed by atoms with van der Waals surface area (Å²) in [7, 11) is 0. The highest BCUT2D eigenvalue weighted by atomic mass is 16.2. The second-order valence-electron chi connectivity index (χ2n) is 5.86. The fourth-order valence-electron chi connectivity index (χ4n) is 2.57. The standard InChI is InChI=1S/C14H22N8O/c1-3-11(2)15-14(23)10-20-6-8-21(9-7-20)13-5-4-12-16-18-19-22(12)17-13/h4-5,11H,3,6-10H2,1-2H3,(H,15,23)/t11-/m1/s1. The molecule has 9 nitrogen and oxygen atoms in total. The van der Waals surface area contributed by atoms with Crippen molar-refractivity contribution in [2.24, 2.45) is 0 Å². The molecule has 0 unspecified atom stereocenters. The molecule has 1 aliphatic rings. The van der Waals surface area contributed by atoms with Gasteiger partial charge in [-0.1, -0.05) is 6.92 Å². The lowest BCUT2D eigenvalue weighted by Crippen LogP contribution is -2.50. The van der Waals surface area contributed by atoms with Crippen molar-refractivity contribution in [2.75, 3.05) is 37.6 Å². The van der Waals surface area contributed by atoms with Crippen molar-refractivity contribution in [3.8, 4) is 0 Å². The van der Waals surface area contributed by atoms with Crippen molar-refractivity contribution in [1.82, 2.24) is 35.5 Å². The van der Waals surface area contributed by atoms with Crippen molar-refractivity contribution < 1.29 is 4.79 Å². The van der Waals surface area contributed by atoms with E-state index in [0.717, 1.165) is 38.4 Å². The molecule has 23 heavy (non-hydrogen) atoms. The number of amides is 1. The summed E-state index contributed by atoms with van der Waals surface area (Å²) in [5.41, 5.74) is 0.633. The first kappa shape index (κ1) is 15.6. The van der Waals surface area contributed by atoms with E-state index in [1.807, 2.05) is 19.1 Å². The van der Waals surface area contributed by atoms with Crippen LogP contribution in [0.15, 0.2) is 12.1 Å². The van der Waals surface area contributed by atoms with Gasteiger partial charge in [-0.05, 0) is 35.9 Å². The summed E-state index contributed by atoms with van der Waals surface area (Å²) in [5, 5.41) is 18.7. The van der Waals surface area contributed by atoms with Gasteiger partial charge in [0.25, 0.3) is 0 Å². The quantitative estimate of drug-likeness (QED) is 0.799. The Morgan fingerprint density at radius 2 is 2.09 bits per heavy atom. The van der Waals surface area contributed by atoms with Crippen LogP contribution in [0, 0.1) is 0 Å². The van der Waals surface area contributed by atoms with Crippen LogP contribution in [0.4, 0.5) is 5.82 Å². The van der Waals surface area contributed by atoms with Gasteiger partial charge in [-0.15, -0.1) is 14.8 Å². The molecule has 0 saturated carbocycles. The molecular weight excluding hydrogens is 296 g/mol. The van der Waals surface area contributed by atoms with Crippen LogP contribution < -0.4 is 10.2 Å². The smallest absolute Gasteiger partial charge is 0.234 e. The minimum absolute atomic E-state index is 0.0982. The Labute approximate surface area is 134 Å². The number of hydrogen-bond donors (Lipinski definition) is 1. The highest BCUT2D eigenvalue weighted by Crippen LogP contribution is 2.13. The topological polar surface area (TPSA) is 91.5 Å². The molecule has 3 heterocycles.